The lowest BCUT2D eigenvalue weighted by atomic mass is 9.78. The summed E-state index contributed by atoms with van der Waals surface area (Å²) in [6.45, 7) is 3.68. The van der Waals surface area contributed by atoms with Gasteiger partial charge >= 0.3 is 6.09 Å². The quantitative estimate of drug-likeness (QED) is 0.315. The van der Waals surface area contributed by atoms with Gasteiger partial charge in [0.15, 0.2) is 0 Å². The number of aliphatic hydroxyl groups excluding tert-OH is 1. The van der Waals surface area contributed by atoms with Crippen LogP contribution in [0.25, 0.3) is 0 Å². The largest absolute Gasteiger partial charge is 0.497 e. The van der Waals surface area contributed by atoms with Gasteiger partial charge in [0.25, 0.3) is 0 Å². The Labute approximate surface area is 219 Å². The van der Waals surface area contributed by atoms with E-state index in [9.17, 15) is 28.7 Å². The van der Waals surface area contributed by atoms with Crippen molar-refractivity contribution in [2.45, 2.75) is 63.0 Å². The van der Waals surface area contributed by atoms with Gasteiger partial charge in [-0.3, -0.25) is 0 Å². The van der Waals surface area contributed by atoms with Gasteiger partial charge in [-0.1, -0.05) is 44.2 Å². The Kier molecular flexibility index (Phi) is 11.4. The van der Waals surface area contributed by atoms with E-state index < -0.39 is 33.7 Å². The first kappa shape index (κ1) is 30.1. The number of nitrogens with zero attached hydrogens (tertiary/aromatic N) is 2. The van der Waals surface area contributed by atoms with Crippen molar-refractivity contribution in [3.63, 3.8) is 0 Å². The lowest BCUT2D eigenvalue weighted by Gasteiger charge is -2.38. The third kappa shape index (κ3) is 8.45. The molecule has 0 aliphatic carbocycles. The number of carbonyl (C=O) groups is 1. The molecule has 2 atom stereocenters. The predicted octanol–water partition coefficient (Wildman–Crippen LogP) is 4.04. The van der Waals surface area contributed by atoms with Crippen molar-refractivity contribution in [1.29, 1.82) is 5.26 Å². The van der Waals surface area contributed by atoms with Gasteiger partial charge in [-0.2, -0.15) is 9.57 Å². The van der Waals surface area contributed by atoms with Gasteiger partial charge in [0.05, 0.1) is 30.2 Å². The molecule has 0 heterocycles. The van der Waals surface area contributed by atoms with Crippen LogP contribution in [0.1, 0.15) is 45.1 Å². The smallest absolute Gasteiger partial charge is 0.404 e. The normalized spacial score (nSPS) is 13.5. The molecule has 0 aromatic heterocycles. The molecule has 3 N–H and O–H groups in total. The number of amides is 1. The summed E-state index contributed by atoms with van der Waals surface area (Å²) in [5.41, 5.74) is 0.319. The molecule has 2 aromatic rings. The Hall–Kier alpha value is -3.13. The molecule has 0 radical (unpaired) electrons. The minimum atomic E-state index is -4.07. The van der Waals surface area contributed by atoms with Crippen LogP contribution in [-0.4, -0.2) is 61.4 Å². The molecule has 0 fully saturated rings. The van der Waals surface area contributed by atoms with Crippen molar-refractivity contribution in [3.05, 3.63) is 60.2 Å². The third-order valence-electron chi connectivity index (χ3n) is 6.94. The first-order valence-electron chi connectivity index (χ1n) is 12.3. The van der Waals surface area contributed by atoms with Gasteiger partial charge in [-0.15, -0.1) is 0 Å². The van der Waals surface area contributed by atoms with E-state index in [-0.39, 0.29) is 30.8 Å². The average Bonchev–Trinajstić information content (AvgIpc) is 2.90. The lowest BCUT2D eigenvalue weighted by Crippen LogP contribution is -2.52. The number of nitrogens with one attached hydrogen (secondary N) is 1. The van der Waals surface area contributed by atoms with Crippen LogP contribution in [0.3, 0.4) is 0 Å². The molecule has 1 amide bonds. The highest BCUT2D eigenvalue weighted by atomic mass is 32.2. The van der Waals surface area contributed by atoms with Crippen molar-refractivity contribution in [1.82, 2.24) is 9.62 Å². The number of aliphatic hydroxyl groups is 1. The number of hydrogen-bond donors (Lipinski definition) is 3. The van der Waals surface area contributed by atoms with Gasteiger partial charge in [0, 0.05) is 19.5 Å². The summed E-state index contributed by atoms with van der Waals surface area (Å²) in [5, 5.41) is 32.1. The van der Waals surface area contributed by atoms with Crippen LogP contribution in [-0.2, 0) is 16.4 Å². The molecule has 202 valence electrons. The second-order valence-corrected chi connectivity index (χ2v) is 11.1. The summed E-state index contributed by atoms with van der Waals surface area (Å²) in [6.07, 6.45) is -0.402. The van der Waals surface area contributed by atoms with E-state index in [0.717, 1.165) is 5.56 Å². The maximum absolute atomic E-state index is 13.8. The molecule has 0 bridgehead atoms. The van der Waals surface area contributed by atoms with Crippen LogP contribution >= 0.6 is 0 Å². The van der Waals surface area contributed by atoms with Crippen LogP contribution in [0.15, 0.2) is 59.5 Å². The maximum Gasteiger partial charge on any atom is 0.404 e. The highest BCUT2D eigenvalue weighted by Gasteiger charge is 2.37. The first-order valence-corrected chi connectivity index (χ1v) is 13.8. The molecule has 9 nitrogen and oxygen atoms in total. The lowest BCUT2D eigenvalue weighted by molar-refractivity contribution is 0.0839. The number of ether oxygens (including phenoxy) is 1. The van der Waals surface area contributed by atoms with Crippen LogP contribution in [0.2, 0.25) is 0 Å². The summed E-state index contributed by atoms with van der Waals surface area (Å²) in [4.78, 5) is 11.5. The van der Waals surface area contributed by atoms with Gasteiger partial charge in [-0.05, 0) is 60.9 Å². The van der Waals surface area contributed by atoms with Crippen molar-refractivity contribution >= 4 is 16.1 Å². The Morgan fingerprint density at radius 2 is 1.76 bits per heavy atom. The number of methoxy groups -OCH3 is 1. The highest BCUT2D eigenvalue weighted by Crippen LogP contribution is 2.35. The number of benzene rings is 2. The van der Waals surface area contributed by atoms with Crippen LogP contribution < -0.4 is 10.1 Å². The SMILES string of the molecule is CCC(CC)(CCC#N)CN(C[C@@H](O)[C@H](Cc1ccccc1)NC(=O)O)S(=O)(=O)c1ccc(OC)cc1. The van der Waals surface area contributed by atoms with Gasteiger partial charge in [0.2, 0.25) is 10.0 Å². The van der Waals surface area contributed by atoms with Crippen LogP contribution in [0.4, 0.5) is 4.79 Å². The molecule has 2 rings (SSSR count). The first-order chi connectivity index (χ1) is 17.6. The fourth-order valence-electron chi connectivity index (χ4n) is 4.39. The van der Waals surface area contributed by atoms with Gasteiger partial charge < -0.3 is 20.3 Å². The number of sulfonamides is 1. The third-order valence-corrected chi connectivity index (χ3v) is 8.76. The Morgan fingerprint density at radius 1 is 1.14 bits per heavy atom. The van der Waals surface area contributed by atoms with E-state index in [1.165, 1.54) is 23.5 Å². The summed E-state index contributed by atoms with van der Waals surface area (Å²) in [6, 6.07) is 16.3. The second-order valence-electron chi connectivity index (χ2n) is 9.15. The zero-order valence-corrected chi connectivity index (χ0v) is 22.4. The Balaban J connectivity index is 2.46. The van der Waals surface area contributed by atoms with E-state index >= 15 is 0 Å². The fourth-order valence-corrected chi connectivity index (χ4v) is 5.96. The van der Waals surface area contributed by atoms with E-state index in [2.05, 4.69) is 11.4 Å². The molecule has 0 saturated carbocycles. The van der Waals surface area contributed by atoms with Crippen LogP contribution in [0, 0.1) is 16.7 Å². The molecular weight excluding hydrogens is 494 g/mol. The molecule has 2 aromatic carbocycles. The molecule has 0 spiro atoms. The Morgan fingerprint density at radius 3 is 2.27 bits per heavy atom. The number of rotatable bonds is 15. The van der Waals surface area contributed by atoms with Crippen molar-refractivity contribution in [3.8, 4) is 11.8 Å². The molecular formula is C27H37N3O6S. The summed E-state index contributed by atoms with van der Waals surface area (Å²) < 4.78 is 34.0. The van der Waals surface area contributed by atoms with E-state index in [4.69, 9.17) is 4.74 Å². The predicted molar refractivity (Wildman–Crippen MR) is 141 cm³/mol. The maximum atomic E-state index is 13.8. The minimum absolute atomic E-state index is 0.0349. The van der Waals surface area contributed by atoms with Crippen LogP contribution in [0.5, 0.6) is 5.75 Å². The van der Waals surface area contributed by atoms with E-state index in [1.54, 1.807) is 12.1 Å². The van der Waals surface area contributed by atoms with Gasteiger partial charge in [-0.25, -0.2) is 13.2 Å². The molecule has 0 aliphatic rings. The van der Waals surface area contributed by atoms with E-state index in [1.807, 2.05) is 44.2 Å². The van der Waals surface area contributed by atoms with Crippen molar-refractivity contribution in [2.24, 2.45) is 5.41 Å². The summed E-state index contributed by atoms with van der Waals surface area (Å²) in [7, 11) is -2.59. The molecule has 0 aliphatic heterocycles. The number of hydrogen-bond acceptors (Lipinski definition) is 6. The highest BCUT2D eigenvalue weighted by molar-refractivity contribution is 7.89. The van der Waals surface area contributed by atoms with Gasteiger partial charge in [0.1, 0.15) is 5.75 Å². The monoisotopic (exact) mass is 531 g/mol. The zero-order chi connectivity index (χ0) is 27.5. The zero-order valence-electron chi connectivity index (χ0n) is 21.6. The van der Waals surface area contributed by atoms with E-state index in [0.29, 0.717) is 25.0 Å². The standard InChI is InChI=1S/C27H37N3O6S/c1-4-27(5-2,16-9-17-28)20-30(37(34,35)23-14-12-22(36-3)13-15-23)19-25(31)24(29-26(32)33)18-21-10-7-6-8-11-21/h6-8,10-15,24-25,29,31H,4-5,9,16,18-20H2,1-3H3,(H,32,33)/t24-,25+/m0/s1. The molecule has 0 saturated heterocycles. The second kappa shape index (κ2) is 14.0. The number of nitriles is 1. The summed E-state index contributed by atoms with van der Waals surface area (Å²) in [5.74, 6) is 0.504. The van der Waals surface area contributed by atoms with Crippen molar-refractivity contribution < 1.29 is 28.2 Å². The number of carboxylic acid groups (broad SMARTS) is 1. The molecule has 10 heteroatoms. The molecule has 0 unspecified atom stereocenters. The fraction of sp³-hybridized carbons (Fsp3) is 0.481. The molecule has 37 heavy (non-hydrogen) atoms. The topological polar surface area (TPSA) is 140 Å². The summed E-state index contributed by atoms with van der Waals surface area (Å²) >= 11 is 0. The van der Waals surface area contributed by atoms with Crippen molar-refractivity contribution in [2.75, 3.05) is 20.2 Å². The minimum Gasteiger partial charge on any atom is -0.497 e. The average molecular weight is 532 g/mol. The Bertz CT molecular complexity index is 1130.